The van der Waals surface area contributed by atoms with Gasteiger partial charge in [-0.15, -0.1) is 0 Å². The molecule has 1 aliphatic rings. The number of phenols is 2. The van der Waals surface area contributed by atoms with Gasteiger partial charge in [0, 0.05) is 10.9 Å². The summed E-state index contributed by atoms with van der Waals surface area (Å²) in [7, 11) is 0. The van der Waals surface area contributed by atoms with Gasteiger partial charge in [0.1, 0.15) is 11.5 Å². The largest absolute Gasteiger partial charge is 0.507 e. The third-order valence-corrected chi connectivity index (χ3v) is 5.48. The zero-order valence-electron chi connectivity index (χ0n) is 10.7. The maximum Gasteiger partial charge on any atom is 0.134 e. The molecule has 0 saturated carbocycles. The lowest BCUT2D eigenvalue weighted by atomic mass is 9.72. The minimum absolute atomic E-state index is 0.0739. The summed E-state index contributed by atoms with van der Waals surface area (Å²) >= 11 is 6.86. The number of phenolic OH excluding ortho intramolecular Hbond substituents is 2. The van der Waals surface area contributed by atoms with Crippen LogP contribution in [0.25, 0.3) is 10.8 Å². The molecule has 0 amide bonds. The number of halogens is 2. The van der Waals surface area contributed by atoms with Gasteiger partial charge in [-0.3, -0.25) is 0 Å². The van der Waals surface area contributed by atoms with Crippen molar-refractivity contribution in [3.63, 3.8) is 0 Å². The van der Waals surface area contributed by atoms with E-state index in [1.165, 1.54) is 0 Å². The molecule has 2 N–H and O–H groups in total. The maximum atomic E-state index is 10.4. The van der Waals surface area contributed by atoms with Crippen molar-refractivity contribution >= 4 is 42.6 Å². The standard InChI is InChI=1S/C15H14Br2O2/c1-15(2)4-3-7-5-10(18)13(17)8-6-9(16)14(19)12(15)11(7)8/h5-6,18-19H,3-4H2,1-2H3. The lowest BCUT2D eigenvalue weighted by Gasteiger charge is -2.33. The van der Waals surface area contributed by atoms with Crippen LogP contribution in [-0.4, -0.2) is 10.2 Å². The molecule has 2 aromatic rings. The molecule has 19 heavy (non-hydrogen) atoms. The summed E-state index contributed by atoms with van der Waals surface area (Å²) in [5.41, 5.74) is 2.00. The average molecular weight is 386 g/mol. The van der Waals surface area contributed by atoms with Crippen LogP contribution in [0, 0.1) is 0 Å². The first kappa shape index (κ1) is 13.3. The van der Waals surface area contributed by atoms with Crippen molar-refractivity contribution in [1.29, 1.82) is 0 Å². The van der Waals surface area contributed by atoms with Crippen molar-refractivity contribution in [2.24, 2.45) is 0 Å². The third-order valence-electron chi connectivity index (χ3n) is 4.04. The molecule has 0 bridgehead atoms. The quantitative estimate of drug-likeness (QED) is 0.669. The molecule has 2 nitrogen and oxygen atoms in total. The van der Waals surface area contributed by atoms with Crippen molar-refractivity contribution in [2.45, 2.75) is 32.1 Å². The zero-order chi connectivity index (χ0) is 13.9. The Bertz CT molecular complexity index is 705. The van der Waals surface area contributed by atoms with Crippen LogP contribution < -0.4 is 0 Å². The van der Waals surface area contributed by atoms with Crippen molar-refractivity contribution in [3.05, 3.63) is 32.2 Å². The molecule has 2 aromatic carbocycles. The van der Waals surface area contributed by atoms with Crippen LogP contribution in [0.2, 0.25) is 0 Å². The van der Waals surface area contributed by atoms with Gasteiger partial charge >= 0.3 is 0 Å². The molecule has 0 spiro atoms. The van der Waals surface area contributed by atoms with Gasteiger partial charge in [-0.1, -0.05) is 13.8 Å². The van der Waals surface area contributed by atoms with Gasteiger partial charge in [-0.25, -0.2) is 0 Å². The molecule has 0 aliphatic heterocycles. The topological polar surface area (TPSA) is 40.5 Å². The fraction of sp³-hybridized carbons (Fsp3) is 0.333. The lowest BCUT2D eigenvalue weighted by Crippen LogP contribution is -2.23. The van der Waals surface area contributed by atoms with E-state index in [9.17, 15) is 10.2 Å². The molecule has 0 unspecified atom stereocenters. The summed E-state index contributed by atoms with van der Waals surface area (Å²) in [5, 5.41) is 22.5. The van der Waals surface area contributed by atoms with Crippen molar-refractivity contribution in [3.8, 4) is 11.5 Å². The van der Waals surface area contributed by atoms with E-state index in [2.05, 4.69) is 45.7 Å². The average Bonchev–Trinajstić information content (AvgIpc) is 2.33. The van der Waals surface area contributed by atoms with Gasteiger partial charge < -0.3 is 10.2 Å². The molecule has 3 rings (SSSR count). The Labute approximate surface area is 128 Å². The highest BCUT2D eigenvalue weighted by atomic mass is 79.9. The summed E-state index contributed by atoms with van der Waals surface area (Å²) in [6.07, 6.45) is 1.87. The van der Waals surface area contributed by atoms with Gasteiger partial charge in [0.2, 0.25) is 0 Å². The third kappa shape index (κ3) is 1.80. The van der Waals surface area contributed by atoms with E-state index >= 15 is 0 Å². The Morgan fingerprint density at radius 2 is 1.84 bits per heavy atom. The summed E-state index contributed by atoms with van der Waals surface area (Å²) in [5.74, 6) is 0.571. The number of aryl methyl sites for hydroxylation is 1. The van der Waals surface area contributed by atoms with Crippen LogP contribution in [0.5, 0.6) is 11.5 Å². The first-order valence-corrected chi connectivity index (χ1v) is 7.77. The molecule has 0 radical (unpaired) electrons. The molecule has 1 aliphatic carbocycles. The number of hydrogen-bond donors (Lipinski definition) is 2. The van der Waals surface area contributed by atoms with E-state index in [4.69, 9.17) is 0 Å². The van der Waals surface area contributed by atoms with E-state index in [1.54, 1.807) is 6.07 Å². The second-order valence-corrected chi connectivity index (χ2v) is 7.40. The summed E-state index contributed by atoms with van der Waals surface area (Å²) in [6, 6.07) is 3.67. The number of benzene rings is 2. The maximum absolute atomic E-state index is 10.4. The van der Waals surface area contributed by atoms with Gasteiger partial charge in [0.15, 0.2) is 0 Å². The summed E-state index contributed by atoms with van der Waals surface area (Å²) in [6.45, 7) is 4.30. The van der Waals surface area contributed by atoms with Crippen LogP contribution in [0.3, 0.4) is 0 Å². The van der Waals surface area contributed by atoms with Crippen molar-refractivity contribution in [2.75, 3.05) is 0 Å². The Hall–Kier alpha value is -0.740. The van der Waals surface area contributed by atoms with Gasteiger partial charge in [0.05, 0.1) is 8.95 Å². The van der Waals surface area contributed by atoms with Gasteiger partial charge in [-0.05, 0) is 73.2 Å². The molecule has 0 atom stereocenters. The van der Waals surface area contributed by atoms with E-state index < -0.39 is 0 Å². The van der Waals surface area contributed by atoms with E-state index in [1.807, 2.05) is 6.07 Å². The molecule has 0 saturated heterocycles. The first-order valence-electron chi connectivity index (χ1n) is 6.19. The lowest BCUT2D eigenvalue weighted by molar-refractivity contribution is 0.414. The Balaban J connectivity index is 2.59. The van der Waals surface area contributed by atoms with Crippen LogP contribution >= 0.6 is 31.9 Å². The second-order valence-electron chi connectivity index (χ2n) is 5.76. The predicted octanol–water partition coefficient (Wildman–Crippen LogP) is 5.00. The first-order chi connectivity index (χ1) is 8.83. The highest BCUT2D eigenvalue weighted by molar-refractivity contribution is 9.11. The molecule has 0 fully saturated rings. The minimum atomic E-state index is -0.0739. The SMILES string of the molecule is CC1(C)CCc2cc(O)c(Br)c3cc(Br)c(O)c1c23. The smallest absolute Gasteiger partial charge is 0.134 e. The fourth-order valence-electron chi connectivity index (χ4n) is 3.01. The van der Waals surface area contributed by atoms with Crippen LogP contribution in [-0.2, 0) is 11.8 Å². The molecular formula is C15H14Br2O2. The summed E-state index contributed by atoms with van der Waals surface area (Å²) in [4.78, 5) is 0. The second kappa shape index (κ2) is 4.13. The predicted molar refractivity (Wildman–Crippen MR) is 84.0 cm³/mol. The summed E-state index contributed by atoms with van der Waals surface area (Å²) < 4.78 is 1.35. The molecule has 0 aromatic heterocycles. The van der Waals surface area contributed by atoms with Crippen molar-refractivity contribution in [1.82, 2.24) is 0 Å². The minimum Gasteiger partial charge on any atom is -0.507 e. The molecule has 0 heterocycles. The van der Waals surface area contributed by atoms with Crippen LogP contribution in [0.15, 0.2) is 21.1 Å². The van der Waals surface area contributed by atoms with E-state index in [0.29, 0.717) is 14.7 Å². The number of hydrogen-bond acceptors (Lipinski definition) is 2. The van der Waals surface area contributed by atoms with Gasteiger partial charge in [-0.2, -0.15) is 0 Å². The normalized spacial score (nSPS) is 16.8. The monoisotopic (exact) mass is 384 g/mol. The zero-order valence-corrected chi connectivity index (χ0v) is 13.9. The highest BCUT2D eigenvalue weighted by Crippen LogP contribution is 2.50. The Morgan fingerprint density at radius 3 is 2.53 bits per heavy atom. The van der Waals surface area contributed by atoms with E-state index in [0.717, 1.165) is 34.7 Å². The van der Waals surface area contributed by atoms with Gasteiger partial charge in [0.25, 0.3) is 0 Å². The molecular weight excluding hydrogens is 372 g/mol. The molecule has 100 valence electrons. The molecule has 4 heteroatoms. The van der Waals surface area contributed by atoms with Crippen molar-refractivity contribution < 1.29 is 10.2 Å². The Kier molecular flexibility index (Phi) is 2.88. The van der Waals surface area contributed by atoms with Crippen LogP contribution in [0.4, 0.5) is 0 Å². The fourth-order valence-corrected chi connectivity index (χ4v) is 3.87. The highest BCUT2D eigenvalue weighted by Gasteiger charge is 2.33. The number of rotatable bonds is 0. The van der Waals surface area contributed by atoms with Crippen LogP contribution in [0.1, 0.15) is 31.4 Å². The Morgan fingerprint density at radius 1 is 1.16 bits per heavy atom. The van der Waals surface area contributed by atoms with E-state index in [-0.39, 0.29) is 11.2 Å². The number of aromatic hydroxyl groups is 2.